The van der Waals surface area contributed by atoms with E-state index in [1.807, 2.05) is 11.8 Å². The standard InChI is InChI=1S/C11H13BrFNS/c1-2-14-11-6-15-5-9-8(11)3-7(13)4-10(9)12/h3-4,11,14H,2,5-6H2,1H3. The molecule has 0 fully saturated rings. The van der Waals surface area contributed by atoms with Crippen LogP contribution >= 0.6 is 27.7 Å². The Labute approximate surface area is 102 Å². The molecule has 1 aromatic carbocycles. The second-order valence-corrected chi connectivity index (χ2v) is 5.47. The lowest BCUT2D eigenvalue weighted by atomic mass is 10.0. The van der Waals surface area contributed by atoms with Crippen molar-refractivity contribution in [3.05, 3.63) is 33.5 Å². The van der Waals surface area contributed by atoms with E-state index < -0.39 is 0 Å². The normalized spacial score (nSPS) is 20.1. The van der Waals surface area contributed by atoms with Gasteiger partial charge in [-0.3, -0.25) is 0 Å². The highest BCUT2D eigenvalue weighted by atomic mass is 79.9. The average molecular weight is 290 g/mol. The number of halogens is 2. The quantitative estimate of drug-likeness (QED) is 0.895. The van der Waals surface area contributed by atoms with E-state index in [0.717, 1.165) is 28.1 Å². The van der Waals surface area contributed by atoms with Crippen LogP contribution in [0.4, 0.5) is 4.39 Å². The zero-order valence-corrected chi connectivity index (χ0v) is 10.9. The van der Waals surface area contributed by atoms with Crippen LogP contribution < -0.4 is 5.32 Å². The Morgan fingerprint density at radius 2 is 2.40 bits per heavy atom. The predicted octanol–water partition coefficient (Wildman–Crippen LogP) is 3.49. The topological polar surface area (TPSA) is 12.0 Å². The first-order valence-electron chi connectivity index (χ1n) is 5.01. The van der Waals surface area contributed by atoms with Gasteiger partial charge in [-0.25, -0.2) is 4.39 Å². The molecule has 0 aliphatic carbocycles. The summed E-state index contributed by atoms with van der Waals surface area (Å²) in [4.78, 5) is 0. The molecule has 0 saturated heterocycles. The van der Waals surface area contributed by atoms with E-state index in [0.29, 0.717) is 0 Å². The maximum absolute atomic E-state index is 13.3. The molecule has 0 radical (unpaired) electrons. The van der Waals surface area contributed by atoms with E-state index >= 15 is 0 Å². The molecule has 2 rings (SSSR count). The van der Waals surface area contributed by atoms with Crippen LogP contribution in [0.5, 0.6) is 0 Å². The van der Waals surface area contributed by atoms with Crippen LogP contribution in [0.1, 0.15) is 24.1 Å². The monoisotopic (exact) mass is 289 g/mol. The van der Waals surface area contributed by atoms with Gasteiger partial charge in [-0.05, 0) is 29.8 Å². The van der Waals surface area contributed by atoms with Gasteiger partial charge < -0.3 is 5.32 Å². The highest BCUT2D eigenvalue weighted by Gasteiger charge is 2.22. The minimum Gasteiger partial charge on any atom is -0.309 e. The van der Waals surface area contributed by atoms with Gasteiger partial charge in [0.15, 0.2) is 0 Å². The van der Waals surface area contributed by atoms with Gasteiger partial charge in [-0.2, -0.15) is 11.8 Å². The van der Waals surface area contributed by atoms with Crippen LogP contribution in [0.3, 0.4) is 0 Å². The number of rotatable bonds is 2. The van der Waals surface area contributed by atoms with E-state index in [-0.39, 0.29) is 11.9 Å². The molecule has 0 amide bonds. The second kappa shape index (κ2) is 4.85. The summed E-state index contributed by atoms with van der Waals surface area (Å²) in [5, 5.41) is 3.39. The highest BCUT2D eigenvalue weighted by Crippen LogP contribution is 2.36. The molecule has 1 heterocycles. The maximum Gasteiger partial charge on any atom is 0.124 e. The Balaban J connectivity index is 2.41. The first kappa shape index (κ1) is 11.4. The van der Waals surface area contributed by atoms with E-state index in [1.165, 1.54) is 5.56 Å². The van der Waals surface area contributed by atoms with Crippen molar-refractivity contribution >= 4 is 27.7 Å². The highest BCUT2D eigenvalue weighted by molar-refractivity contribution is 9.10. The summed E-state index contributed by atoms with van der Waals surface area (Å²) in [6.45, 7) is 2.99. The number of hydrogen-bond donors (Lipinski definition) is 1. The second-order valence-electron chi connectivity index (χ2n) is 3.58. The van der Waals surface area contributed by atoms with Crippen LogP contribution in [0, 0.1) is 5.82 Å². The zero-order valence-electron chi connectivity index (χ0n) is 8.52. The number of thioether (sulfide) groups is 1. The lowest BCUT2D eigenvalue weighted by Gasteiger charge is -2.26. The molecule has 0 aromatic heterocycles. The molecule has 1 aromatic rings. The van der Waals surface area contributed by atoms with Crippen molar-refractivity contribution in [1.82, 2.24) is 5.32 Å². The number of nitrogens with one attached hydrogen (secondary N) is 1. The molecular weight excluding hydrogens is 277 g/mol. The summed E-state index contributed by atoms with van der Waals surface area (Å²) in [6, 6.07) is 3.50. The van der Waals surface area contributed by atoms with Crippen molar-refractivity contribution in [3.63, 3.8) is 0 Å². The van der Waals surface area contributed by atoms with Crippen molar-refractivity contribution in [2.24, 2.45) is 0 Å². The third-order valence-electron chi connectivity index (χ3n) is 2.55. The van der Waals surface area contributed by atoms with Crippen LogP contribution in [0.25, 0.3) is 0 Å². The summed E-state index contributed by atoms with van der Waals surface area (Å²) < 4.78 is 14.2. The minimum atomic E-state index is -0.157. The van der Waals surface area contributed by atoms with Crippen LogP contribution in [-0.4, -0.2) is 12.3 Å². The van der Waals surface area contributed by atoms with Crippen molar-refractivity contribution in [2.45, 2.75) is 18.7 Å². The Morgan fingerprint density at radius 3 is 3.13 bits per heavy atom. The fraction of sp³-hybridized carbons (Fsp3) is 0.455. The Morgan fingerprint density at radius 1 is 1.60 bits per heavy atom. The fourth-order valence-electron chi connectivity index (χ4n) is 1.87. The van der Waals surface area contributed by atoms with Gasteiger partial charge in [-0.15, -0.1) is 0 Å². The zero-order chi connectivity index (χ0) is 10.8. The first-order valence-corrected chi connectivity index (χ1v) is 6.96. The molecule has 15 heavy (non-hydrogen) atoms. The molecule has 4 heteroatoms. The average Bonchev–Trinajstić information content (AvgIpc) is 2.19. The predicted molar refractivity (Wildman–Crippen MR) is 66.7 cm³/mol. The number of hydrogen-bond acceptors (Lipinski definition) is 2. The molecule has 0 saturated carbocycles. The van der Waals surface area contributed by atoms with Gasteiger partial charge in [0.1, 0.15) is 5.82 Å². The molecule has 1 atom stereocenters. The van der Waals surface area contributed by atoms with Crippen molar-refractivity contribution < 1.29 is 4.39 Å². The van der Waals surface area contributed by atoms with Gasteiger partial charge in [0, 0.05) is 22.0 Å². The van der Waals surface area contributed by atoms with Gasteiger partial charge in [0.05, 0.1) is 0 Å². The molecule has 1 aliphatic rings. The van der Waals surface area contributed by atoms with Crippen molar-refractivity contribution in [1.29, 1.82) is 0 Å². The van der Waals surface area contributed by atoms with E-state index in [2.05, 4.69) is 28.2 Å². The smallest absolute Gasteiger partial charge is 0.124 e. The molecule has 1 aliphatic heterocycles. The fourth-order valence-corrected chi connectivity index (χ4v) is 3.82. The lowest BCUT2D eigenvalue weighted by molar-refractivity contribution is 0.580. The number of fused-ring (bicyclic) bond motifs is 1. The number of benzene rings is 1. The van der Waals surface area contributed by atoms with Crippen LogP contribution in [0.15, 0.2) is 16.6 Å². The van der Waals surface area contributed by atoms with Crippen molar-refractivity contribution in [2.75, 3.05) is 12.3 Å². The summed E-state index contributed by atoms with van der Waals surface area (Å²) in [6.07, 6.45) is 0. The summed E-state index contributed by atoms with van der Waals surface area (Å²) >= 11 is 5.32. The van der Waals surface area contributed by atoms with Gasteiger partial charge >= 0.3 is 0 Å². The molecule has 1 unspecified atom stereocenters. The van der Waals surface area contributed by atoms with Crippen LogP contribution in [-0.2, 0) is 5.75 Å². The largest absolute Gasteiger partial charge is 0.309 e. The maximum atomic E-state index is 13.3. The third kappa shape index (κ3) is 2.37. The summed E-state index contributed by atoms with van der Waals surface area (Å²) in [5.41, 5.74) is 2.35. The molecule has 0 bridgehead atoms. The lowest BCUT2D eigenvalue weighted by Crippen LogP contribution is -2.26. The van der Waals surface area contributed by atoms with Gasteiger partial charge in [0.25, 0.3) is 0 Å². The van der Waals surface area contributed by atoms with Crippen LogP contribution in [0.2, 0.25) is 0 Å². The Bertz CT molecular complexity index is 370. The molecule has 82 valence electrons. The van der Waals surface area contributed by atoms with E-state index in [9.17, 15) is 4.39 Å². The minimum absolute atomic E-state index is 0.157. The van der Waals surface area contributed by atoms with Crippen molar-refractivity contribution in [3.8, 4) is 0 Å². The van der Waals surface area contributed by atoms with Gasteiger partial charge in [0.2, 0.25) is 0 Å². The third-order valence-corrected chi connectivity index (χ3v) is 4.32. The summed E-state index contributed by atoms with van der Waals surface area (Å²) in [5.74, 6) is 1.84. The molecule has 1 nitrogen and oxygen atoms in total. The van der Waals surface area contributed by atoms with Gasteiger partial charge in [-0.1, -0.05) is 22.9 Å². The first-order chi connectivity index (χ1) is 7.22. The molecule has 1 N–H and O–H groups in total. The van der Waals surface area contributed by atoms with E-state index in [1.54, 1.807) is 12.1 Å². The molecule has 0 spiro atoms. The van der Waals surface area contributed by atoms with E-state index in [4.69, 9.17) is 0 Å². The Kier molecular flexibility index (Phi) is 3.69. The SMILES string of the molecule is CCNC1CSCc2c(Br)cc(F)cc21. The Hall–Kier alpha value is -0.0600. The molecular formula is C11H13BrFNS. The summed E-state index contributed by atoms with van der Waals surface area (Å²) in [7, 11) is 0.